The fourth-order valence-electron chi connectivity index (χ4n) is 5.19. The number of nitrogens with zero attached hydrogens (tertiary/aromatic N) is 3. The number of para-hydroxylation sites is 2. The summed E-state index contributed by atoms with van der Waals surface area (Å²) in [5.41, 5.74) is 1.84. The molecule has 1 fully saturated rings. The number of rotatable bonds is 5. The minimum atomic E-state index is -0.987. The third-order valence-electron chi connectivity index (χ3n) is 7.16. The Labute approximate surface area is 188 Å². The van der Waals surface area contributed by atoms with Gasteiger partial charge in [0.2, 0.25) is 5.91 Å². The summed E-state index contributed by atoms with van der Waals surface area (Å²) in [7, 11) is 0. The minimum absolute atomic E-state index is 0.0681. The molecule has 1 N–H and O–H groups in total. The first-order valence-corrected chi connectivity index (χ1v) is 11.6. The van der Waals surface area contributed by atoms with Gasteiger partial charge in [-0.15, -0.1) is 0 Å². The van der Waals surface area contributed by atoms with Gasteiger partial charge in [-0.2, -0.15) is 0 Å². The molecule has 0 radical (unpaired) electrons. The molecule has 2 atom stereocenters. The third kappa shape index (κ3) is 3.48. The van der Waals surface area contributed by atoms with E-state index in [9.17, 15) is 9.59 Å². The molecule has 1 aliphatic heterocycles. The molecule has 6 heteroatoms. The summed E-state index contributed by atoms with van der Waals surface area (Å²) in [5, 5.41) is 3.26. The summed E-state index contributed by atoms with van der Waals surface area (Å²) in [5.74, 6) is 0.257. The van der Waals surface area contributed by atoms with Crippen molar-refractivity contribution in [2.24, 2.45) is 0 Å². The maximum Gasteiger partial charge on any atom is 0.290 e. The van der Waals surface area contributed by atoms with Gasteiger partial charge in [0.05, 0.1) is 17.6 Å². The molecule has 5 rings (SSSR count). The van der Waals surface area contributed by atoms with Gasteiger partial charge in [0.25, 0.3) is 5.91 Å². The highest BCUT2D eigenvalue weighted by molar-refractivity contribution is 6.01. The lowest BCUT2D eigenvalue weighted by molar-refractivity contribution is -0.133. The van der Waals surface area contributed by atoms with Gasteiger partial charge in [0.1, 0.15) is 5.54 Å². The van der Waals surface area contributed by atoms with Crippen molar-refractivity contribution in [3.05, 3.63) is 66.0 Å². The number of carbonyl (C=O) groups excluding carboxylic acids is 2. The van der Waals surface area contributed by atoms with Crippen molar-refractivity contribution in [3.63, 3.8) is 0 Å². The smallest absolute Gasteiger partial charge is 0.290 e. The van der Waals surface area contributed by atoms with Crippen molar-refractivity contribution >= 4 is 22.8 Å². The van der Waals surface area contributed by atoms with Crippen LogP contribution in [0.3, 0.4) is 0 Å². The molecule has 0 bridgehead atoms. The van der Waals surface area contributed by atoms with Crippen molar-refractivity contribution in [1.29, 1.82) is 0 Å². The fourth-order valence-corrected chi connectivity index (χ4v) is 5.19. The summed E-state index contributed by atoms with van der Waals surface area (Å²) in [6, 6.07) is 18.1. The number of imidazole rings is 1. The second-order valence-electron chi connectivity index (χ2n) is 9.47. The van der Waals surface area contributed by atoms with Gasteiger partial charge >= 0.3 is 0 Å². The van der Waals surface area contributed by atoms with E-state index in [-0.39, 0.29) is 23.8 Å². The number of hydrogen-bond acceptors (Lipinski definition) is 3. The minimum Gasteiger partial charge on any atom is -0.351 e. The first-order valence-electron chi connectivity index (χ1n) is 11.6. The highest BCUT2D eigenvalue weighted by atomic mass is 16.2. The Morgan fingerprint density at radius 3 is 2.56 bits per heavy atom. The summed E-state index contributed by atoms with van der Waals surface area (Å²) < 4.78 is 1.93. The van der Waals surface area contributed by atoms with Crippen LogP contribution >= 0.6 is 0 Å². The zero-order chi connectivity index (χ0) is 22.3. The van der Waals surface area contributed by atoms with E-state index in [1.54, 1.807) is 4.90 Å². The second-order valence-corrected chi connectivity index (χ2v) is 9.47. The average molecular weight is 431 g/mol. The van der Waals surface area contributed by atoms with Gasteiger partial charge in [-0.25, -0.2) is 4.98 Å². The van der Waals surface area contributed by atoms with E-state index >= 15 is 0 Å². The lowest BCUT2D eigenvalue weighted by Gasteiger charge is -2.45. The standard InChI is InChI=1S/C26H30N4O2/c1-18(19-10-4-3-5-11-19)16-30-24(31)23-28-21-14-8-9-15-22(21)29(23)17-26(30,2)25(32)27-20-12-6-7-13-20/h3-5,8-11,14-15,18,20H,6-7,12-13,16-17H2,1-2H3,(H,27,32). The van der Waals surface area contributed by atoms with Crippen LogP contribution in [0.15, 0.2) is 54.6 Å². The zero-order valence-corrected chi connectivity index (χ0v) is 18.8. The molecule has 1 saturated carbocycles. The predicted octanol–water partition coefficient (Wildman–Crippen LogP) is 4.11. The quantitative estimate of drug-likeness (QED) is 0.662. The van der Waals surface area contributed by atoms with Gasteiger partial charge in [-0.3, -0.25) is 9.59 Å². The highest BCUT2D eigenvalue weighted by Crippen LogP contribution is 2.33. The lowest BCUT2D eigenvalue weighted by Crippen LogP contribution is -2.65. The average Bonchev–Trinajstić information content (AvgIpc) is 3.45. The molecule has 3 aromatic rings. The SMILES string of the molecule is CC(CN1C(=O)c2nc3ccccc3n2CC1(C)C(=O)NC1CCCC1)c1ccccc1. The predicted molar refractivity (Wildman–Crippen MR) is 124 cm³/mol. The Morgan fingerprint density at radius 2 is 1.81 bits per heavy atom. The van der Waals surface area contributed by atoms with Gasteiger partial charge < -0.3 is 14.8 Å². The van der Waals surface area contributed by atoms with Crippen LogP contribution in [-0.2, 0) is 11.3 Å². The molecular formula is C26H30N4O2. The topological polar surface area (TPSA) is 67.2 Å². The molecule has 2 aliphatic rings. The normalized spacial score (nSPS) is 22.2. The molecule has 2 amide bonds. The maximum atomic E-state index is 13.8. The third-order valence-corrected chi connectivity index (χ3v) is 7.16. The largest absolute Gasteiger partial charge is 0.351 e. The van der Waals surface area contributed by atoms with E-state index in [1.165, 1.54) is 0 Å². The molecule has 2 heterocycles. The van der Waals surface area contributed by atoms with E-state index in [1.807, 2.05) is 54.0 Å². The van der Waals surface area contributed by atoms with E-state index < -0.39 is 5.54 Å². The first kappa shape index (κ1) is 20.7. The zero-order valence-electron chi connectivity index (χ0n) is 18.8. The van der Waals surface area contributed by atoms with Crippen molar-refractivity contribution < 1.29 is 9.59 Å². The number of aromatic nitrogens is 2. The lowest BCUT2D eigenvalue weighted by atomic mass is 9.91. The van der Waals surface area contributed by atoms with Crippen LogP contribution in [0.1, 0.15) is 61.6 Å². The van der Waals surface area contributed by atoms with Crippen molar-refractivity contribution in [2.75, 3.05) is 6.54 Å². The summed E-state index contributed by atoms with van der Waals surface area (Å²) in [6.07, 6.45) is 4.31. The molecule has 1 aliphatic carbocycles. The number of benzene rings is 2. The number of carbonyl (C=O) groups is 2. The molecule has 0 spiro atoms. The molecule has 2 aromatic carbocycles. The van der Waals surface area contributed by atoms with Crippen LogP contribution in [0, 0.1) is 0 Å². The fraction of sp³-hybridized carbons (Fsp3) is 0.423. The Balaban J connectivity index is 1.54. The number of hydrogen-bond donors (Lipinski definition) is 1. The molecule has 0 saturated heterocycles. The van der Waals surface area contributed by atoms with Gasteiger partial charge in [-0.1, -0.05) is 62.2 Å². The van der Waals surface area contributed by atoms with Gasteiger partial charge in [0, 0.05) is 12.6 Å². The maximum absolute atomic E-state index is 13.8. The number of amides is 2. The number of nitrogens with one attached hydrogen (secondary N) is 1. The van der Waals surface area contributed by atoms with E-state index in [2.05, 4.69) is 29.4 Å². The van der Waals surface area contributed by atoms with Crippen molar-refractivity contribution in [3.8, 4) is 0 Å². The van der Waals surface area contributed by atoms with Crippen LogP contribution in [0.4, 0.5) is 0 Å². The Hall–Kier alpha value is -3.15. The van der Waals surface area contributed by atoms with Gasteiger partial charge in [0.15, 0.2) is 5.82 Å². The van der Waals surface area contributed by atoms with E-state index in [4.69, 9.17) is 0 Å². The molecule has 2 unspecified atom stereocenters. The highest BCUT2D eigenvalue weighted by Gasteiger charge is 2.49. The van der Waals surface area contributed by atoms with Crippen LogP contribution in [0.25, 0.3) is 11.0 Å². The molecule has 166 valence electrons. The molecule has 1 aromatic heterocycles. The van der Waals surface area contributed by atoms with Crippen LogP contribution in [0.2, 0.25) is 0 Å². The summed E-state index contributed by atoms with van der Waals surface area (Å²) in [4.78, 5) is 33.8. The molecule has 6 nitrogen and oxygen atoms in total. The molecule has 32 heavy (non-hydrogen) atoms. The summed E-state index contributed by atoms with van der Waals surface area (Å²) in [6.45, 7) is 4.87. The molecular weight excluding hydrogens is 400 g/mol. The van der Waals surface area contributed by atoms with Crippen LogP contribution in [-0.4, -0.2) is 44.4 Å². The van der Waals surface area contributed by atoms with Gasteiger partial charge in [-0.05, 0) is 43.4 Å². The van der Waals surface area contributed by atoms with E-state index in [0.717, 1.165) is 42.3 Å². The van der Waals surface area contributed by atoms with Crippen molar-refractivity contribution in [1.82, 2.24) is 19.8 Å². The Kier molecular flexibility index (Phi) is 5.24. The second kappa shape index (κ2) is 8.08. The van der Waals surface area contributed by atoms with Crippen LogP contribution < -0.4 is 5.32 Å². The van der Waals surface area contributed by atoms with Crippen molar-refractivity contribution in [2.45, 2.75) is 63.6 Å². The first-order chi connectivity index (χ1) is 15.5. The van der Waals surface area contributed by atoms with E-state index in [0.29, 0.717) is 18.9 Å². The summed E-state index contributed by atoms with van der Waals surface area (Å²) >= 11 is 0. The Bertz CT molecular complexity index is 1150. The Morgan fingerprint density at radius 1 is 1.12 bits per heavy atom. The monoisotopic (exact) mass is 430 g/mol. The number of fused-ring (bicyclic) bond motifs is 3. The van der Waals surface area contributed by atoms with Crippen LogP contribution in [0.5, 0.6) is 0 Å².